The van der Waals surface area contributed by atoms with Gasteiger partial charge in [0.05, 0.1) is 12.0 Å². The minimum Gasteiger partial charge on any atom is -0.478 e. The van der Waals surface area contributed by atoms with Crippen LogP contribution in [-0.2, 0) is 11.2 Å². The Balaban J connectivity index is 1.67. The first-order chi connectivity index (χ1) is 11.1. The van der Waals surface area contributed by atoms with Crippen molar-refractivity contribution in [2.75, 3.05) is 6.54 Å². The molecule has 1 aliphatic heterocycles. The molecule has 1 heterocycles. The van der Waals surface area contributed by atoms with Crippen LogP contribution >= 0.6 is 0 Å². The molecule has 2 fully saturated rings. The molecule has 0 bridgehead atoms. The topological polar surface area (TPSA) is 57.6 Å². The second-order valence-electron chi connectivity index (χ2n) is 6.88. The van der Waals surface area contributed by atoms with E-state index >= 15 is 0 Å². The van der Waals surface area contributed by atoms with Crippen LogP contribution in [0.25, 0.3) is 0 Å². The molecule has 1 saturated carbocycles. The number of rotatable bonds is 4. The zero-order chi connectivity index (χ0) is 16.2. The number of carbonyl (C=O) groups is 2. The Morgan fingerprint density at radius 2 is 1.87 bits per heavy atom. The van der Waals surface area contributed by atoms with Crippen molar-refractivity contribution in [2.45, 2.75) is 57.4 Å². The number of hydrogen-bond donors (Lipinski definition) is 1. The van der Waals surface area contributed by atoms with Gasteiger partial charge >= 0.3 is 5.97 Å². The van der Waals surface area contributed by atoms with Crippen molar-refractivity contribution in [1.29, 1.82) is 0 Å². The normalized spacial score (nSPS) is 22.3. The van der Waals surface area contributed by atoms with Crippen LogP contribution in [-0.4, -0.2) is 34.5 Å². The number of carboxylic acid groups (broad SMARTS) is 1. The maximum Gasteiger partial charge on any atom is 0.335 e. The van der Waals surface area contributed by atoms with Crippen LogP contribution in [0.4, 0.5) is 0 Å². The van der Waals surface area contributed by atoms with Crippen molar-refractivity contribution in [3.05, 3.63) is 35.4 Å². The molecule has 1 saturated heterocycles. The van der Waals surface area contributed by atoms with Crippen LogP contribution in [0.3, 0.4) is 0 Å². The summed E-state index contributed by atoms with van der Waals surface area (Å²) in [5.74, 6) is -0.123. The summed E-state index contributed by atoms with van der Waals surface area (Å²) >= 11 is 0. The molecule has 0 spiro atoms. The van der Waals surface area contributed by atoms with Gasteiger partial charge in [0.1, 0.15) is 0 Å². The first-order valence-electron chi connectivity index (χ1n) is 8.77. The highest BCUT2D eigenvalue weighted by Crippen LogP contribution is 2.34. The maximum absolute atomic E-state index is 12.7. The highest BCUT2D eigenvalue weighted by atomic mass is 16.4. The van der Waals surface area contributed by atoms with Crippen LogP contribution < -0.4 is 0 Å². The van der Waals surface area contributed by atoms with Gasteiger partial charge in [-0.15, -0.1) is 0 Å². The Hall–Kier alpha value is -1.84. The molecule has 1 amide bonds. The van der Waals surface area contributed by atoms with Crippen molar-refractivity contribution in [3.63, 3.8) is 0 Å². The smallest absolute Gasteiger partial charge is 0.335 e. The fourth-order valence-corrected chi connectivity index (χ4v) is 4.20. The lowest BCUT2D eigenvalue weighted by Crippen LogP contribution is -2.41. The fourth-order valence-electron chi connectivity index (χ4n) is 4.20. The number of amides is 1. The van der Waals surface area contributed by atoms with E-state index in [1.807, 2.05) is 6.07 Å². The van der Waals surface area contributed by atoms with Crippen LogP contribution in [0.2, 0.25) is 0 Å². The van der Waals surface area contributed by atoms with Crippen LogP contribution in [0.1, 0.15) is 60.9 Å². The predicted molar refractivity (Wildman–Crippen MR) is 88.4 cm³/mol. The minimum atomic E-state index is -0.944. The Kier molecular flexibility index (Phi) is 4.99. The van der Waals surface area contributed by atoms with E-state index in [1.165, 1.54) is 32.1 Å². The van der Waals surface area contributed by atoms with Crippen molar-refractivity contribution < 1.29 is 14.7 Å². The molecular formula is C19H25NO3. The summed E-state index contributed by atoms with van der Waals surface area (Å²) in [6.07, 6.45) is 8.97. The maximum atomic E-state index is 12.7. The highest BCUT2D eigenvalue weighted by Gasteiger charge is 2.34. The van der Waals surface area contributed by atoms with Gasteiger partial charge in [-0.3, -0.25) is 4.79 Å². The number of nitrogens with zero attached hydrogens (tertiary/aromatic N) is 1. The molecule has 0 aromatic heterocycles. The van der Waals surface area contributed by atoms with Crippen LogP contribution in [0, 0.1) is 5.92 Å². The SMILES string of the molecule is O=C(O)c1cccc(CC(=O)N2CCCC2C2CCCCC2)c1. The van der Waals surface area contributed by atoms with E-state index in [2.05, 4.69) is 4.90 Å². The monoisotopic (exact) mass is 315 g/mol. The molecule has 3 rings (SSSR count). The summed E-state index contributed by atoms with van der Waals surface area (Å²) in [7, 11) is 0. The minimum absolute atomic E-state index is 0.153. The number of carboxylic acids is 1. The number of aromatic carboxylic acids is 1. The molecule has 2 aliphatic rings. The Labute approximate surface area is 137 Å². The molecule has 1 unspecified atom stereocenters. The van der Waals surface area contributed by atoms with Crippen LogP contribution in [0.15, 0.2) is 24.3 Å². The average molecular weight is 315 g/mol. The first kappa shape index (κ1) is 16.0. The van der Waals surface area contributed by atoms with E-state index in [0.29, 0.717) is 18.4 Å². The summed E-state index contributed by atoms with van der Waals surface area (Å²) in [5, 5.41) is 9.07. The first-order valence-corrected chi connectivity index (χ1v) is 8.77. The molecule has 1 aromatic rings. The molecular weight excluding hydrogens is 290 g/mol. The van der Waals surface area contributed by atoms with E-state index < -0.39 is 5.97 Å². The summed E-state index contributed by atoms with van der Waals surface area (Å²) in [5.41, 5.74) is 1.05. The van der Waals surface area contributed by atoms with Crippen molar-refractivity contribution in [2.24, 2.45) is 5.92 Å². The molecule has 1 aliphatic carbocycles. The van der Waals surface area contributed by atoms with Gasteiger partial charge < -0.3 is 10.0 Å². The van der Waals surface area contributed by atoms with Gasteiger partial charge in [-0.05, 0) is 49.3 Å². The van der Waals surface area contributed by atoms with Crippen molar-refractivity contribution in [1.82, 2.24) is 4.90 Å². The largest absolute Gasteiger partial charge is 0.478 e. The second-order valence-corrected chi connectivity index (χ2v) is 6.88. The summed E-state index contributed by atoms with van der Waals surface area (Å²) in [6, 6.07) is 7.15. The Bertz CT molecular complexity index is 578. The summed E-state index contributed by atoms with van der Waals surface area (Å²) in [4.78, 5) is 25.9. The Morgan fingerprint density at radius 1 is 1.09 bits per heavy atom. The lowest BCUT2D eigenvalue weighted by molar-refractivity contribution is -0.132. The quantitative estimate of drug-likeness (QED) is 0.925. The lowest BCUT2D eigenvalue weighted by atomic mass is 9.83. The zero-order valence-electron chi connectivity index (χ0n) is 13.5. The molecule has 1 N–H and O–H groups in total. The van der Waals surface area contributed by atoms with Gasteiger partial charge in [0.25, 0.3) is 0 Å². The van der Waals surface area contributed by atoms with Crippen LogP contribution in [0.5, 0.6) is 0 Å². The van der Waals surface area contributed by atoms with Crippen molar-refractivity contribution >= 4 is 11.9 Å². The lowest BCUT2D eigenvalue weighted by Gasteiger charge is -2.34. The third kappa shape index (κ3) is 3.74. The molecule has 23 heavy (non-hydrogen) atoms. The number of benzene rings is 1. The van der Waals surface area contributed by atoms with Gasteiger partial charge in [0, 0.05) is 12.6 Å². The van der Waals surface area contributed by atoms with E-state index in [1.54, 1.807) is 18.2 Å². The highest BCUT2D eigenvalue weighted by molar-refractivity contribution is 5.88. The number of likely N-dealkylation sites (tertiary alicyclic amines) is 1. The zero-order valence-corrected chi connectivity index (χ0v) is 13.5. The van der Waals surface area contributed by atoms with E-state index in [0.717, 1.165) is 24.9 Å². The predicted octanol–water partition coefficient (Wildman–Crippen LogP) is 3.50. The van der Waals surface area contributed by atoms with E-state index in [4.69, 9.17) is 5.11 Å². The van der Waals surface area contributed by atoms with Gasteiger partial charge in [0.2, 0.25) is 5.91 Å². The molecule has 4 heteroatoms. The molecule has 4 nitrogen and oxygen atoms in total. The third-order valence-corrected chi connectivity index (χ3v) is 5.34. The average Bonchev–Trinajstić information content (AvgIpc) is 3.05. The van der Waals surface area contributed by atoms with Gasteiger partial charge in [0.15, 0.2) is 0 Å². The van der Waals surface area contributed by atoms with E-state index in [-0.39, 0.29) is 11.5 Å². The second kappa shape index (κ2) is 7.16. The van der Waals surface area contributed by atoms with E-state index in [9.17, 15) is 9.59 Å². The Morgan fingerprint density at radius 3 is 2.61 bits per heavy atom. The molecule has 124 valence electrons. The standard InChI is InChI=1S/C19H25NO3/c21-18(13-14-6-4-9-16(12-14)19(22)23)20-11-5-10-17(20)15-7-2-1-3-8-15/h4,6,9,12,15,17H,1-3,5,7-8,10-11,13H2,(H,22,23). The molecule has 0 radical (unpaired) electrons. The molecule has 1 aromatic carbocycles. The number of hydrogen-bond acceptors (Lipinski definition) is 2. The molecule has 1 atom stereocenters. The third-order valence-electron chi connectivity index (χ3n) is 5.34. The summed E-state index contributed by atoms with van der Waals surface area (Å²) < 4.78 is 0. The van der Waals surface area contributed by atoms with Gasteiger partial charge in [-0.2, -0.15) is 0 Å². The van der Waals surface area contributed by atoms with Crippen molar-refractivity contribution in [3.8, 4) is 0 Å². The summed E-state index contributed by atoms with van der Waals surface area (Å²) in [6.45, 7) is 0.860. The number of carbonyl (C=O) groups excluding carboxylic acids is 1. The fraction of sp³-hybridized carbons (Fsp3) is 0.579. The van der Waals surface area contributed by atoms with Gasteiger partial charge in [-0.25, -0.2) is 4.79 Å². The van der Waals surface area contributed by atoms with Gasteiger partial charge in [-0.1, -0.05) is 31.4 Å².